The minimum atomic E-state index is 0.338. The second-order valence-electron chi connectivity index (χ2n) is 3.98. The number of hydrogen-bond acceptors (Lipinski definition) is 4. The molecule has 0 saturated heterocycles. The number of unbranched alkanes of at least 4 members (excludes halogenated alkanes) is 1. The van der Waals surface area contributed by atoms with Crippen LogP contribution in [0.5, 0.6) is 0 Å². The summed E-state index contributed by atoms with van der Waals surface area (Å²) in [5.74, 6) is 0.673. The predicted molar refractivity (Wildman–Crippen MR) is 65.7 cm³/mol. The van der Waals surface area contributed by atoms with Gasteiger partial charge >= 0.3 is 0 Å². The van der Waals surface area contributed by atoms with Crippen molar-refractivity contribution in [3.05, 3.63) is 35.7 Å². The first-order valence-electron chi connectivity index (χ1n) is 5.91. The highest BCUT2D eigenvalue weighted by atomic mass is 15.5. The van der Waals surface area contributed by atoms with Gasteiger partial charge in [-0.25, -0.2) is 0 Å². The molecule has 0 aliphatic heterocycles. The van der Waals surface area contributed by atoms with Gasteiger partial charge in [-0.1, -0.05) is 25.5 Å². The van der Waals surface area contributed by atoms with Crippen molar-refractivity contribution in [2.24, 2.45) is 5.73 Å². The second-order valence-corrected chi connectivity index (χ2v) is 3.98. The van der Waals surface area contributed by atoms with Crippen LogP contribution in [-0.4, -0.2) is 20.2 Å². The van der Waals surface area contributed by atoms with Crippen LogP contribution >= 0.6 is 0 Å². The Bertz CT molecular complexity index is 460. The molecular formula is C12H17N5. The van der Waals surface area contributed by atoms with Crippen molar-refractivity contribution in [1.82, 2.24) is 20.2 Å². The van der Waals surface area contributed by atoms with Crippen LogP contribution in [0.2, 0.25) is 0 Å². The molecule has 0 unspecified atom stereocenters. The molecule has 2 N–H and O–H groups in total. The predicted octanol–water partition coefficient (Wildman–Crippen LogP) is 1.46. The lowest BCUT2D eigenvalue weighted by atomic mass is 10.1. The van der Waals surface area contributed by atoms with Gasteiger partial charge in [0.2, 0.25) is 0 Å². The monoisotopic (exact) mass is 231 g/mol. The number of hydrogen-bond donors (Lipinski definition) is 1. The summed E-state index contributed by atoms with van der Waals surface area (Å²) in [5, 5.41) is 11.4. The molecule has 1 aromatic heterocycles. The first-order chi connectivity index (χ1) is 8.35. The molecule has 0 aliphatic carbocycles. The topological polar surface area (TPSA) is 69.6 Å². The lowest BCUT2D eigenvalue weighted by Gasteiger charge is -2.04. The molecule has 0 bridgehead atoms. The molecule has 1 aromatic carbocycles. The minimum Gasteiger partial charge on any atom is -0.324 e. The van der Waals surface area contributed by atoms with Crippen molar-refractivity contribution in [2.45, 2.75) is 32.7 Å². The number of aromatic nitrogens is 4. The fraction of sp³-hybridized carbons (Fsp3) is 0.417. The van der Waals surface area contributed by atoms with E-state index in [1.165, 1.54) is 18.4 Å². The van der Waals surface area contributed by atoms with E-state index in [2.05, 4.69) is 34.6 Å². The Labute approximate surface area is 101 Å². The summed E-state index contributed by atoms with van der Waals surface area (Å²) in [6.45, 7) is 2.54. The highest BCUT2D eigenvalue weighted by Gasteiger charge is 2.05. The Morgan fingerprint density at radius 3 is 2.65 bits per heavy atom. The zero-order valence-corrected chi connectivity index (χ0v) is 10.0. The summed E-state index contributed by atoms with van der Waals surface area (Å²) < 4.78 is 1.67. The van der Waals surface area contributed by atoms with Crippen LogP contribution in [0.4, 0.5) is 0 Å². The normalized spacial score (nSPS) is 10.7. The van der Waals surface area contributed by atoms with Crippen molar-refractivity contribution in [3.8, 4) is 5.69 Å². The van der Waals surface area contributed by atoms with Gasteiger partial charge in [0, 0.05) is 0 Å². The number of benzene rings is 1. The van der Waals surface area contributed by atoms with Crippen LogP contribution in [0.25, 0.3) is 5.69 Å². The number of rotatable bonds is 5. The molecule has 5 nitrogen and oxygen atoms in total. The first-order valence-corrected chi connectivity index (χ1v) is 5.91. The Hall–Kier alpha value is -1.75. The van der Waals surface area contributed by atoms with Crippen molar-refractivity contribution in [2.75, 3.05) is 0 Å². The molecule has 0 amide bonds. The van der Waals surface area contributed by atoms with Crippen LogP contribution in [0.3, 0.4) is 0 Å². The molecule has 1 heterocycles. The number of aryl methyl sites for hydroxylation is 1. The summed E-state index contributed by atoms with van der Waals surface area (Å²) in [6.07, 6.45) is 3.56. The van der Waals surface area contributed by atoms with Crippen LogP contribution in [0, 0.1) is 0 Å². The van der Waals surface area contributed by atoms with E-state index in [9.17, 15) is 0 Å². The van der Waals surface area contributed by atoms with Gasteiger partial charge in [-0.15, -0.1) is 5.10 Å². The third-order valence-electron chi connectivity index (χ3n) is 2.72. The fourth-order valence-electron chi connectivity index (χ4n) is 1.72. The summed E-state index contributed by atoms with van der Waals surface area (Å²) in [4.78, 5) is 0. The maximum absolute atomic E-state index is 5.56. The Morgan fingerprint density at radius 2 is 2.00 bits per heavy atom. The van der Waals surface area contributed by atoms with Crippen molar-refractivity contribution in [3.63, 3.8) is 0 Å². The standard InChI is InChI=1S/C12H17N5/c1-2-3-4-10-5-7-11(8-6-10)17-12(9-13)14-15-16-17/h5-8H,2-4,9,13H2,1H3. The second kappa shape index (κ2) is 5.54. The fourth-order valence-corrected chi connectivity index (χ4v) is 1.72. The molecule has 0 atom stereocenters. The lowest BCUT2D eigenvalue weighted by Crippen LogP contribution is -2.07. The average Bonchev–Trinajstić information content (AvgIpc) is 2.85. The molecular weight excluding hydrogens is 214 g/mol. The van der Waals surface area contributed by atoms with E-state index in [1.807, 2.05) is 12.1 Å². The number of tetrazole rings is 1. The third kappa shape index (κ3) is 2.68. The Balaban J connectivity index is 2.17. The smallest absolute Gasteiger partial charge is 0.170 e. The van der Waals surface area contributed by atoms with Crippen molar-refractivity contribution < 1.29 is 0 Å². The van der Waals surface area contributed by atoms with Crippen LogP contribution in [0.15, 0.2) is 24.3 Å². The van der Waals surface area contributed by atoms with Gasteiger partial charge < -0.3 is 5.73 Å². The van der Waals surface area contributed by atoms with Gasteiger partial charge in [-0.3, -0.25) is 0 Å². The van der Waals surface area contributed by atoms with Crippen molar-refractivity contribution in [1.29, 1.82) is 0 Å². The molecule has 90 valence electrons. The van der Waals surface area contributed by atoms with Gasteiger partial charge in [-0.2, -0.15) is 4.68 Å². The molecule has 2 rings (SSSR count). The molecule has 0 spiro atoms. The van der Waals surface area contributed by atoms with Gasteiger partial charge in [-0.05, 0) is 41.0 Å². The van der Waals surface area contributed by atoms with Gasteiger partial charge in [0.15, 0.2) is 5.82 Å². The maximum atomic E-state index is 5.56. The molecule has 5 heteroatoms. The molecule has 0 fully saturated rings. The summed E-state index contributed by atoms with van der Waals surface area (Å²) >= 11 is 0. The molecule has 0 saturated carbocycles. The Kier molecular flexibility index (Phi) is 3.82. The molecule has 2 aromatic rings. The van der Waals surface area contributed by atoms with Gasteiger partial charge in [0.1, 0.15) is 0 Å². The SMILES string of the molecule is CCCCc1ccc(-n2nnnc2CN)cc1. The summed E-state index contributed by atoms with van der Waals surface area (Å²) in [6, 6.07) is 8.29. The Morgan fingerprint density at radius 1 is 1.24 bits per heavy atom. The van der Waals surface area contributed by atoms with E-state index in [0.717, 1.165) is 12.1 Å². The van der Waals surface area contributed by atoms with Crippen molar-refractivity contribution >= 4 is 0 Å². The third-order valence-corrected chi connectivity index (χ3v) is 2.72. The highest BCUT2D eigenvalue weighted by Crippen LogP contribution is 2.11. The molecule has 0 aliphatic rings. The largest absolute Gasteiger partial charge is 0.324 e. The average molecular weight is 231 g/mol. The van der Waals surface area contributed by atoms with Crippen LogP contribution < -0.4 is 5.73 Å². The van der Waals surface area contributed by atoms with Crippen LogP contribution in [0.1, 0.15) is 31.2 Å². The van der Waals surface area contributed by atoms with Crippen LogP contribution in [-0.2, 0) is 13.0 Å². The molecule has 17 heavy (non-hydrogen) atoms. The van der Waals surface area contributed by atoms with E-state index in [4.69, 9.17) is 5.73 Å². The lowest BCUT2D eigenvalue weighted by molar-refractivity contribution is 0.759. The minimum absolute atomic E-state index is 0.338. The van der Waals surface area contributed by atoms with Gasteiger partial charge in [0.25, 0.3) is 0 Å². The number of nitrogens with zero attached hydrogens (tertiary/aromatic N) is 4. The zero-order valence-electron chi connectivity index (χ0n) is 10.0. The summed E-state index contributed by atoms with van der Waals surface area (Å²) in [5.41, 5.74) is 7.86. The van der Waals surface area contributed by atoms with E-state index in [1.54, 1.807) is 4.68 Å². The van der Waals surface area contributed by atoms with E-state index < -0.39 is 0 Å². The van der Waals surface area contributed by atoms with E-state index in [0.29, 0.717) is 12.4 Å². The highest BCUT2D eigenvalue weighted by molar-refractivity contribution is 5.34. The van der Waals surface area contributed by atoms with E-state index >= 15 is 0 Å². The summed E-state index contributed by atoms with van der Waals surface area (Å²) in [7, 11) is 0. The molecule has 0 radical (unpaired) electrons. The maximum Gasteiger partial charge on any atom is 0.170 e. The van der Waals surface area contributed by atoms with E-state index in [-0.39, 0.29) is 0 Å². The zero-order chi connectivity index (χ0) is 12.1. The first kappa shape index (κ1) is 11.7. The van der Waals surface area contributed by atoms with Gasteiger partial charge in [0.05, 0.1) is 12.2 Å². The quantitative estimate of drug-likeness (QED) is 0.845. The number of nitrogens with two attached hydrogens (primary N) is 1.